The molecule has 2 rings (SSSR count). The lowest BCUT2D eigenvalue weighted by atomic mass is 10.2. The summed E-state index contributed by atoms with van der Waals surface area (Å²) >= 11 is 5.74. The van der Waals surface area contributed by atoms with E-state index in [-0.39, 0.29) is 16.7 Å². The van der Waals surface area contributed by atoms with E-state index >= 15 is 0 Å². The van der Waals surface area contributed by atoms with Crippen molar-refractivity contribution in [3.05, 3.63) is 34.6 Å². The Morgan fingerprint density at radius 3 is 2.62 bits per heavy atom. The Morgan fingerprint density at radius 1 is 1.43 bits per heavy atom. The van der Waals surface area contributed by atoms with Crippen LogP contribution in [-0.2, 0) is 6.18 Å². The molecule has 2 aromatic rings. The van der Waals surface area contributed by atoms with Crippen LogP contribution in [0.5, 0.6) is 5.88 Å². The van der Waals surface area contributed by atoms with Gasteiger partial charge in [0.05, 0.1) is 13.3 Å². The Balaban J connectivity index is 2.67. The zero-order valence-electron chi connectivity index (χ0n) is 10.3. The zero-order valence-corrected chi connectivity index (χ0v) is 11.1. The minimum absolute atomic E-state index is 0.0976. The van der Waals surface area contributed by atoms with Crippen molar-refractivity contribution in [2.24, 2.45) is 0 Å². The van der Waals surface area contributed by atoms with Gasteiger partial charge in [-0.3, -0.25) is 0 Å². The number of methoxy groups -OCH3 is 1. The van der Waals surface area contributed by atoms with Gasteiger partial charge in [0.25, 0.3) is 0 Å². The molecule has 0 unspecified atom stereocenters. The highest BCUT2D eigenvalue weighted by atomic mass is 35.5. The van der Waals surface area contributed by atoms with Gasteiger partial charge >= 0.3 is 12.1 Å². The fourth-order valence-electron chi connectivity index (χ4n) is 1.63. The number of rotatable bonds is 3. The van der Waals surface area contributed by atoms with Gasteiger partial charge in [0.1, 0.15) is 10.6 Å². The smallest absolute Gasteiger partial charge is 0.434 e. The largest absolute Gasteiger partial charge is 0.480 e. The predicted octanol–water partition coefficient (Wildman–Crippen LogP) is 2.65. The lowest BCUT2D eigenvalue weighted by Crippen LogP contribution is -2.18. The van der Waals surface area contributed by atoms with Crippen LogP contribution >= 0.6 is 11.6 Å². The molecule has 0 bridgehead atoms. The second-order valence-electron chi connectivity index (χ2n) is 3.78. The van der Waals surface area contributed by atoms with Crippen LogP contribution in [0, 0.1) is 0 Å². The molecular weight excluding hydrogens is 315 g/mol. The summed E-state index contributed by atoms with van der Waals surface area (Å²) in [5.74, 6) is -2.11. The van der Waals surface area contributed by atoms with Crippen molar-refractivity contribution in [3.63, 3.8) is 0 Å². The van der Waals surface area contributed by atoms with Gasteiger partial charge < -0.3 is 9.84 Å². The molecule has 21 heavy (non-hydrogen) atoms. The average molecular weight is 322 g/mol. The third kappa shape index (κ3) is 2.77. The van der Waals surface area contributed by atoms with Crippen molar-refractivity contribution in [2.45, 2.75) is 6.18 Å². The van der Waals surface area contributed by atoms with Gasteiger partial charge in [-0.2, -0.15) is 23.3 Å². The highest BCUT2D eigenvalue weighted by Crippen LogP contribution is 2.34. The number of aromatic carboxylic acids is 1. The SMILES string of the molecule is COc1nc(-n2ncc(C(=O)O)c2C(F)(F)F)ccc1Cl. The number of halogens is 4. The monoisotopic (exact) mass is 321 g/mol. The van der Waals surface area contributed by atoms with E-state index in [1.54, 1.807) is 0 Å². The summed E-state index contributed by atoms with van der Waals surface area (Å²) in [6, 6.07) is 2.43. The van der Waals surface area contributed by atoms with Crippen LogP contribution in [0.2, 0.25) is 5.02 Å². The molecule has 2 heterocycles. The molecule has 0 atom stereocenters. The lowest BCUT2D eigenvalue weighted by Gasteiger charge is -2.11. The van der Waals surface area contributed by atoms with Gasteiger partial charge in [-0.1, -0.05) is 11.6 Å². The topological polar surface area (TPSA) is 77.2 Å². The van der Waals surface area contributed by atoms with Crippen molar-refractivity contribution in [2.75, 3.05) is 7.11 Å². The minimum atomic E-state index is -4.92. The van der Waals surface area contributed by atoms with E-state index in [0.717, 1.165) is 0 Å². The summed E-state index contributed by atoms with van der Waals surface area (Å²) < 4.78 is 44.3. The fourth-order valence-corrected chi connectivity index (χ4v) is 1.81. The molecule has 0 aliphatic carbocycles. The highest BCUT2D eigenvalue weighted by molar-refractivity contribution is 6.31. The molecule has 0 radical (unpaired) electrons. The quantitative estimate of drug-likeness (QED) is 0.940. The van der Waals surface area contributed by atoms with E-state index < -0.39 is 23.4 Å². The van der Waals surface area contributed by atoms with Crippen molar-refractivity contribution < 1.29 is 27.8 Å². The van der Waals surface area contributed by atoms with E-state index in [4.69, 9.17) is 21.4 Å². The van der Waals surface area contributed by atoms with E-state index in [1.165, 1.54) is 19.2 Å². The van der Waals surface area contributed by atoms with Crippen molar-refractivity contribution >= 4 is 17.6 Å². The third-order valence-electron chi connectivity index (χ3n) is 2.48. The highest BCUT2D eigenvalue weighted by Gasteiger charge is 2.41. The second-order valence-corrected chi connectivity index (χ2v) is 4.19. The molecule has 112 valence electrons. The molecule has 2 aromatic heterocycles. The summed E-state index contributed by atoms with van der Waals surface area (Å²) in [6.07, 6.45) is -4.31. The van der Waals surface area contributed by atoms with Gasteiger partial charge in [-0.25, -0.2) is 9.48 Å². The maximum absolute atomic E-state index is 13.0. The van der Waals surface area contributed by atoms with E-state index in [9.17, 15) is 18.0 Å². The first-order chi connectivity index (χ1) is 9.75. The molecule has 0 saturated carbocycles. The minimum Gasteiger partial charge on any atom is -0.480 e. The van der Waals surface area contributed by atoms with Crippen LogP contribution in [0.3, 0.4) is 0 Å². The summed E-state index contributed by atoms with van der Waals surface area (Å²) in [5, 5.41) is 12.3. The van der Waals surface area contributed by atoms with Crippen LogP contribution in [-0.4, -0.2) is 33.0 Å². The molecule has 0 aromatic carbocycles. The Hall–Kier alpha value is -2.29. The van der Waals surface area contributed by atoms with Crippen molar-refractivity contribution in [3.8, 4) is 11.7 Å². The van der Waals surface area contributed by atoms with E-state index in [1.807, 2.05) is 0 Å². The molecule has 0 aliphatic rings. The Kier molecular flexibility index (Phi) is 3.77. The number of ether oxygens (including phenoxy) is 1. The first-order valence-corrected chi connectivity index (χ1v) is 5.73. The number of alkyl halides is 3. The number of aromatic nitrogens is 3. The lowest BCUT2D eigenvalue weighted by molar-refractivity contribution is -0.143. The molecule has 0 saturated heterocycles. The second kappa shape index (κ2) is 5.24. The molecule has 10 heteroatoms. The van der Waals surface area contributed by atoms with Gasteiger partial charge in [-0.15, -0.1) is 0 Å². The predicted molar refractivity (Wildman–Crippen MR) is 64.9 cm³/mol. The number of carboxylic acids is 1. The van der Waals surface area contributed by atoms with Gasteiger partial charge in [0, 0.05) is 0 Å². The number of pyridine rings is 1. The number of carboxylic acid groups (broad SMARTS) is 1. The molecule has 0 fully saturated rings. The third-order valence-corrected chi connectivity index (χ3v) is 2.77. The fraction of sp³-hybridized carbons (Fsp3) is 0.182. The summed E-state index contributed by atoms with van der Waals surface area (Å²) in [7, 11) is 1.24. The van der Waals surface area contributed by atoms with E-state index in [2.05, 4.69) is 10.1 Å². The normalized spacial score (nSPS) is 11.5. The number of hydrogen-bond acceptors (Lipinski definition) is 4. The summed E-state index contributed by atoms with van der Waals surface area (Å²) in [5.41, 5.74) is -2.41. The molecule has 6 nitrogen and oxygen atoms in total. The molecule has 0 aliphatic heterocycles. The van der Waals surface area contributed by atoms with E-state index in [0.29, 0.717) is 10.9 Å². The molecule has 1 N–H and O–H groups in total. The van der Waals surface area contributed by atoms with Crippen LogP contribution in [0.1, 0.15) is 16.1 Å². The zero-order chi connectivity index (χ0) is 15.8. The van der Waals surface area contributed by atoms with Gasteiger partial charge in [-0.05, 0) is 12.1 Å². The van der Waals surface area contributed by atoms with Crippen LogP contribution in [0.15, 0.2) is 18.3 Å². The molecular formula is C11H7ClF3N3O3. The number of nitrogens with zero attached hydrogens (tertiary/aromatic N) is 3. The molecule has 0 spiro atoms. The van der Waals surface area contributed by atoms with Crippen molar-refractivity contribution in [1.29, 1.82) is 0 Å². The first kappa shape index (κ1) is 15.1. The first-order valence-electron chi connectivity index (χ1n) is 5.35. The Morgan fingerprint density at radius 2 is 2.10 bits per heavy atom. The number of hydrogen-bond donors (Lipinski definition) is 1. The Labute approximate surface area is 120 Å². The van der Waals surface area contributed by atoms with Crippen molar-refractivity contribution in [1.82, 2.24) is 14.8 Å². The maximum Gasteiger partial charge on any atom is 0.434 e. The number of carbonyl (C=O) groups is 1. The van der Waals surface area contributed by atoms with Crippen LogP contribution in [0.25, 0.3) is 5.82 Å². The molecule has 0 amide bonds. The average Bonchev–Trinajstić information content (AvgIpc) is 2.84. The maximum atomic E-state index is 13.0. The Bertz CT molecular complexity index is 700. The van der Waals surface area contributed by atoms with Crippen LogP contribution in [0.4, 0.5) is 13.2 Å². The van der Waals surface area contributed by atoms with Crippen LogP contribution < -0.4 is 4.74 Å². The standard InChI is InChI=1S/C11H7ClF3N3O3/c1-21-9-6(12)2-3-7(17-9)18-8(11(13,14)15)5(4-16-18)10(19)20/h2-4H,1H3,(H,19,20). The summed E-state index contributed by atoms with van der Waals surface area (Å²) in [6.45, 7) is 0. The van der Waals surface area contributed by atoms with Gasteiger partial charge in [0.15, 0.2) is 11.5 Å². The summed E-state index contributed by atoms with van der Waals surface area (Å²) in [4.78, 5) is 14.6. The van der Waals surface area contributed by atoms with Gasteiger partial charge in [0.2, 0.25) is 5.88 Å².